The molecule has 0 radical (unpaired) electrons. The van der Waals surface area contributed by atoms with Gasteiger partial charge in [0.1, 0.15) is 10.7 Å². The number of nitrogens with one attached hydrogen (secondary N) is 2. The van der Waals surface area contributed by atoms with Gasteiger partial charge < -0.3 is 10.6 Å². The molecule has 0 spiro atoms. The van der Waals surface area contributed by atoms with E-state index in [0.717, 1.165) is 21.8 Å². The number of hydrogen-bond donors (Lipinski definition) is 2. The number of ketones is 1. The molecule has 1 aromatic heterocycles. The lowest BCUT2D eigenvalue weighted by atomic mass is 10.2. The predicted molar refractivity (Wildman–Crippen MR) is 105 cm³/mol. The van der Waals surface area contributed by atoms with Gasteiger partial charge in [-0.1, -0.05) is 12.1 Å². The molecule has 0 fully saturated rings. The molecule has 2 aromatic rings. The molecule has 0 saturated carbocycles. The molecule has 0 aliphatic carbocycles. The predicted octanol–water partition coefficient (Wildman–Crippen LogP) is 1.99. The van der Waals surface area contributed by atoms with Crippen LogP contribution in [0, 0.1) is 5.82 Å². The normalized spacial score (nSPS) is 16.7. The van der Waals surface area contributed by atoms with Crippen LogP contribution in [0.25, 0.3) is 0 Å². The van der Waals surface area contributed by atoms with Gasteiger partial charge in [-0.25, -0.2) is 12.8 Å². The van der Waals surface area contributed by atoms with Gasteiger partial charge in [-0.15, -0.1) is 11.3 Å². The lowest BCUT2D eigenvalue weighted by Gasteiger charge is -2.29. The maximum Gasteiger partial charge on any atom is 0.270 e. The summed E-state index contributed by atoms with van der Waals surface area (Å²) in [6.07, 6.45) is 1.15. The number of fused-ring (bicyclic) bond motifs is 1. The summed E-state index contributed by atoms with van der Waals surface area (Å²) in [7, 11) is -4.13. The van der Waals surface area contributed by atoms with Gasteiger partial charge in [-0.3, -0.25) is 13.9 Å². The van der Waals surface area contributed by atoms with Crippen molar-refractivity contribution in [3.8, 4) is 0 Å². The second-order valence-corrected chi connectivity index (χ2v) is 8.80. The number of halogens is 1. The second-order valence-electron chi connectivity index (χ2n) is 6.05. The summed E-state index contributed by atoms with van der Waals surface area (Å²) in [6.45, 7) is 1.81. The Morgan fingerprint density at radius 2 is 2.07 bits per heavy atom. The molecule has 0 bridgehead atoms. The van der Waals surface area contributed by atoms with E-state index >= 15 is 0 Å². The fourth-order valence-electron chi connectivity index (χ4n) is 2.73. The molecule has 1 aromatic carbocycles. The van der Waals surface area contributed by atoms with Crippen LogP contribution in [0.3, 0.4) is 0 Å². The van der Waals surface area contributed by atoms with Crippen molar-refractivity contribution in [2.45, 2.75) is 13.5 Å². The number of hydrogen-bond acceptors (Lipinski definition) is 6. The van der Waals surface area contributed by atoms with Crippen molar-refractivity contribution in [1.82, 2.24) is 10.6 Å². The first-order valence-electron chi connectivity index (χ1n) is 8.38. The zero-order chi connectivity index (χ0) is 20.3. The zero-order valence-corrected chi connectivity index (χ0v) is 16.6. The van der Waals surface area contributed by atoms with E-state index in [1.807, 2.05) is 0 Å². The number of carbonyl (C=O) groups excluding carboxylic acids is 2. The lowest BCUT2D eigenvalue weighted by Crippen LogP contribution is -2.39. The molecule has 28 heavy (non-hydrogen) atoms. The standard InChI is InChI=1S/C18H18FN3O4S2/c1-12(23)21-7-6-20-10-16-17(24)18-15(5-8-27-18)22(28(16,25)26)11-13-3-2-4-14(19)9-13/h2-5,8-10,20H,6-7,11H2,1H3,(H,21,23)/b16-10-. The van der Waals surface area contributed by atoms with Gasteiger partial charge in [-0.05, 0) is 29.1 Å². The molecule has 1 aliphatic rings. The van der Waals surface area contributed by atoms with Crippen molar-refractivity contribution < 1.29 is 22.4 Å². The van der Waals surface area contributed by atoms with Gasteiger partial charge in [-0.2, -0.15) is 0 Å². The SMILES string of the molecule is CC(=O)NCCN/C=C1/C(=O)c2sccc2N(Cc2cccc(F)c2)S1(=O)=O. The summed E-state index contributed by atoms with van der Waals surface area (Å²) in [6, 6.07) is 7.22. The van der Waals surface area contributed by atoms with Crippen LogP contribution in [-0.4, -0.2) is 33.2 Å². The molecule has 2 N–H and O–H groups in total. The molecule has 0 unspecified atom stereocenters. The van der Waals surface area contributed by atoms with Crippen molar-refractivity contribution in [2.75, 3.05) is 17.4 Å². The Labute approximate surface area is 165 Å². The van der Waals surface area contributed by atoms with E-state index in [2.05, 4.69) is 10.6 Å². The second kappa shape index (κ2) is 8.11. The Morgan fingerprint density at radius 1 is 1.29 bits per heavy atom. The molecular weight excluding hydrogens is 405 g/mol. The van der Waals surface area contributed by atoms with Gasteiger partial charge in [0.25, 0.3) is 10.0 Å². The number of carbonyl (C=O) groups is 2. The van der Waals surface area contributed by atoms with E-state index in [9.17, 15) is 22.4 Å². The fourth-order valence-corrected chi connectivity index (χ4v) is 5.24. The fraction of sp³-hybridized carbons (Fsp3) is 0.222. The number of amides is 1. The monoisotopic (exact) mass is 423 g/mol. The first kappa shape index (κ1) is 20.0. The summed E-state index contributed by atoms with van der Waals surface area (Å²) in [5.41, 5.74) is 0.752. The van der Waals surface area contributed by atoms with E-state index in [1.54, 1.807) is 17.5 Å². The van der Waals surface area contributed by atoms with Crippen LogP contribution in [0.15, 0.2) is 46.8 Å². The van der Waals surface area contributed by atoms with Crippen LogP contribution < -0.4 is 14.9 Å². The Morgan fingerprint density at radius 3 is 2.79 bits per heavy atom. The summed E-state index contributed by atoms with van der Waals surface area (Å²) < 4.78 is 40.8. The van der Waals surface area contributed by atoms with Crippen LogP contribution in [0.4, 0.5) is 10.1 Å². The van der Waals surface area contributed by atoms with E-state index < -0.39 is 21.6 Å². The first-order chi connectivity index (χ1) is 13.3. The maximum absolute atomic E-state index is 13.5. The largest absolute Gasteiger partial charge is 0.388 e. The van der Waals surface area contributed by atoms with Crippen LogP contribution in [0.1, 0.15) is 22.2 Å². The van der Waals surface area contributed by atoms with Crippen molar-refractivity contribution in [2.24, 2.45) is 0 Å². The van der Waals surface area contributed by atoms with Gasteiger partial charge in [0.05, 0.1) is 12.2 Å². The van der Waals surface area contributed by atoms with E-state index in [-0.39, 0.29) is 36.1 Å². The number of thiophene rings is 1. The molecule has 10 heteroatoms. The molecule has 3 rings (SSSR count). The van der Waals surface area contributed by atoms with Crippen molar-refractivity contribution in [3.05, 3.63) is 63.1 Å². The zero-order valence-electron chi connectivity index (χ0n) is 14.9. The van der Waals surface area contributed by atoms with Gasteiger partial charge >= 0.3 is 0 Å². The van der Waals surface area contributed by atoms with E-state index in [1.165, 1.54) is 25.1 Å². The summed E-state index contributed by atoms with van der Waals surface area (Å²) in [4.78, 5) is 23.5. The van der Waals surface area contributed by atoms with Crippen LogP contribution in [0.2, 0.25) is 0 Å². The van der Waals surface area contributed by atoms with Crippen LogP contribution in [0.5, 0.6) is 0 Å². The maximum atomic E-state index is 13.5. The average molecular weight is 423 g/mol. The first-order valence-corrected chi connectivity index (χ1v) is 10.7. The van der Waals surface area contributed by atoms with E-state index in [4.69, 9.17) is 0 Å². The molecular formula is C18H18FN3O4S2. The van der Waals surface area contributed by atoms with Crippen molar-refractivity contribution in [3.63, 3.8) is 0 Å². The summed E-state index contributed by atoms with van der Waals surface area (Å²) >= 11 is 1.15. The van der Waals surface area contributed by atoms with Gasteiger partial charge in [0.15, 0.2) is 4.91 Å². The molecule has 1 amide bonds. The molecule has 0 saturated heterocycles. The smallest absolute Gasteiger partial charge is 0.270 e. The number of nitrogens with zero attached hydrogens (tertiary/aromatic N) is 1. The van der Waals surface area contributed by atoms with Crippen molar-refractivity contribution >= 4 is 38.7 Å². The molecule has 148 valence electrons. The Bertz CT molecular complexity index is 1050. The highest BCUT2D eigenvalue weighted by atomic mass is 32.2. The van der Waals surface area contributed by atoms with E-state index in [0.29, 0.717) is 10.4 Å². The molecule has 1 aliphatic heterocycles. The average Bonchev–Trinajstić information content (AvgIpc) is 3.10. The number of rotatable bonds is 6. The third-order valence-corrected chi connectivity index (χ3v) is 6.67. The van der Waals surface area contributed by atoms with Crippen molar-refractivity contribution in [1.29, 1.82) is 0 Å². The highest BCUT2D eigenvalue weighted by Crippen LogP contribution is 2.39. The molecule has 7 nitrogen and oxygen atoms in total. The highest BCUT2D eigenvalue weighted by Gasteiger charge is 2.41. The third kappa shape index (κ3) is 4.07. The number of anilines is 1. The Balaban J connectivity index is 1.91. The van der Waals surface area contributed by atoms with Gasteiger partial charge in [0, 0.05) is 26.2 Å². The number of allylic oxidation sites excluding steroid dienone is 1. The summed E-state index contributed by atoms with van der Waals surface area (Å²) in [5, 5.41) is 6.96. The minimum absolute atomic E-state index is 0.0969. The quantitative estimate of drug-likeness (QED) is 0.547. The summed E-state index contributed by atoms with van der Waals surface area (Å²) in [5.74, 6) is -1.27. The molecule has 0 atom stereocenters. The lowest BCUT2D eigenvalue weighted by molar-refractivity contribution is -0.118. The minimum atomic E-state index is -4.13. The van der Waals surface area contributed by atoms with Gasteiger partial charge in [0.2, 0.25) is 11.7 Å². The minimum Gasteiger partial charge on any atom is -0.388 e. The molecule has 2 heterocycles. The number of sulfonamides is 1. The highest BCUT2D eigenvalue weighted by molar-refractivity contribution is 7.97. The number of benzene rings is 1. The Hall–Kier alpha value is -2.72. The topological polar surface area (TPSA) is 95.6 Å². The number of Topliss-reactive ketones (excluding diaryl/α,β-unsaturated/α-hetero) is 1. The van der Waals surface area contributed by atoms with Crippen LogP contribution in [-0.2, 0) is 21.4 Å². The Kier molecular flexibility index (Phi) is 5.80. The van der Waals surface area contributed by atoms with Crippen LogP contribution >= 0.6 is 11.3 Å². The third-order valence-electron chi connectivity index (χ3n) is 4.00.